The summed E-state index contributed by atoms with van der Waals surface area (Å²) in [6, 6.07) is 4.41. The van der Waals surface area contributed by atoms with Crippen molar-refractivity contribution in [2.75, 3.05) is 0 Å². The molecule has 1 aromatic heterocycles. The van der Waals surface area contributed by atoms with Crippen LogP contribution in [0.3, 0.4) is 0 Å². The van der Waals surface area contributed by atoms with E-state index in [1.807, 2.05) is 35.3 Å². The van der Waals surface area contributed by atoms with Crippen LogP contribution in [0.2, 0.25) is 0 Å². The molecule has 1 aliphatic carbocycles. The van der Waals surface area contributed by atoms with E-state index < -0.39 is 0 Å². The minimum Gasteiger partial charge on any atom is -0.398 e. The van der Waals surface area contributed by atoms with E-state index in [1.54, 1.807) is 0 Å². The highest BCUT2D eigenvalue weighted by molar-refractivity contribution is 8.06. The van der Waals surface area contributed by atoms with Crippen molar-refractivity contribution in [3.8, 4) is 0 Å². The SMILES string of the molecule is CC(C)(C)C1=CC(=CC2=C(N)/C(=C\c3cc(C(C)(C)C)[s+]c(C(C)(C)C)c3)C2=O)C=C(C(C)(C)C)S1. The maximum atomic E-state index is 13.3. The fourth-order valence-electron chi connectivity index (χ4n) is 3.78. The summed E-state index contributed by atoms with van der Waals surface area (Å²) < 4.78 is 0. The number of hydrogen-bond acceptors (Lipinski definition) is 3. The highest BCUT2D eigenvalue weighted by Gasteiger charge is 2.34. The van der Waals surface area contributed by atoms with Gasteiger partial charge in [0.1, 0.15) is 0 Å². The molecule has 0 amide bonds. The van der Waals surface area contributed by atoms with Gasteiger partial charge in [-0.15, -0.1) is 0 Å². The number of hydrogen-bond donors (Lipinski definition) is 1. The molecule has 0 bridgehead atoms. The van der Waals surface area contributed by atoms with Crippen molar-refractivity contribution in [2.24, 2.45) is 16.6 Å². The van der Waals surface area contributed by atoms with E-state index >= 15 is 0 Å². The van der Waals surface area contributed by atoms with Crippen LogP contribution >= 0.6 is 23.1 Å². The first kappa shape index (κ1) is 28.7. The normalized spacial score (nSPS) is 18.8. The predicted molar refractivity (Wildman–Crippen MR) is 161 cm³/mol. The summed E-state index contributed by atoms with van der Waals surface area (Å²) in [5.74, 6) is 0.0248. The Kier molecular flexibility index (Phi) is 7.51. The topological polar surface area (TPSA) is 43.1 Å². The third-order valence-electron chi connectivity index (χ3n) is 6.28. The van der Waals surface area contributed by atoms with Gasteiger partial charge in [0.2, 0.25) is 21.1 Å². The Morgan fingerprint density at radius 1 is 0.722 bits per heavy atom. The Balaban J connectivity index is 2.07. The van der Waals surface area contributed by atoms with Crippen LogP contribution in [0.5, 0.6) is 0 Å². The molecule has 194 valence electrons. The highest BCUT2D eigenvalue weighted by Crippen LogP contribution is 2.49. The first-order chi connectivity index (χ1) is 16.2. The second-order valence-corrected chi connectivity index (χ2v) is 16.3. The molecule has 0 atom stereocenters. The molecule has 0 aromatic carbocycles. The van der Waals surface area contributed by atoms with Crippen molar-refractivity contribution in [3.63, 3.8) is 0 Å². The lowest BCUT2D eigenvalue weighted by atomic mass is 9.83. The number of carbonyl (C=O) groups excluding carboxylic acids is 1. The molecule has 36 heavy (non-hydrogen) atoms. The van der Waals surface area contributed by atoms with E-state index in [2.05, 4.69) is 107 Å². The minimum atomic E-state index is 0.0248. The Hall–Kier alpha value is -1.91. The van der Waals surface area contributed by atoms with Gasteiger partial charge < -0.3 is 5.73 Å². The molecular formula is C32H44NOS2+. The Morgan fingerprint density at radius 3 is 1.53 bits per heavy atom. The zero-order valence-electron chi connectivity index (χ0n) is 24.3. The Labute approximate surface area is 227 Å². The molecule has 2 aliphatic rings. The van der Waals surface area contributed by atoms with Gasteiger partial charge in [0.05, 0.1) is 5.70 Å². The third-order valence-corrected chi connectivity index (χ3v) is 10.1. The number of nitrogens with two attached hydrogens (primary N) is 1. The van der Waals surface area contributed by atoms with Gasteiger partial charge in [-0.2, -0.15) is 0 Å². The summed E-state index contributed by atoms with van der Waals surface area (Å²) in [7, 11) is 0. The maximum Gasteiger partial charge on any atom is 0.219 e. The van der Waals surface area contributed by atoms with Gasteiger partial charge in [0.25, 0.3) is 0 Å². The molecule has 0 radical (unpaired) electrons. The number of ketones is 1. The molecular weight excluding hydrogens is 478 g/mol. The molecule has 3 rings (SSSR count). The van der Waals surface area contributed by atoms with Crippen LogP contribution in [-0.2, 0) is 15.6 Å². The van der Waals surface area contributed by atoms with Crippen molar-refractivity contribution >= 4 is 35.0 Å². The summed E-state index contributed by atoms with van der Waals surface area (Å²) in [6.07, 6.45) is 8.36. The standard InChI is InChI=1S/C32H43NOS2/c1-29(2,3)23-15-19(16-24(35-23)30(4,5)6)13-21-27(33)22(28(21)34)14-20-17-25(31(7,8)9)36-26(18-20)32(10,11)12/h13-18H,1-12H3,(H-,33,34)/p+1. The molecule has 0 unspecified atom stereocenters. The summed E-state index contributed by atoms with van der Waals surface area (Å²) >= 11 is 3.70. The second-order valence-electron chi connectivity index (χ2n) is 14.1. The van der Waals surface area contributed by atoms with E-state index in [4.69, 9.17) is 5.73 Å². The van der Waals surface area contributed by atoms with Crippen molar-refractivity contribution < 1.29 is 4.79 Å². The molecule has 0 spiro atoms. The molecule has 1 aromatic rings. The smallest absolute Gasteiger partial charge is 0.219 e. The second kappa shape index (κ2) is 9.44. The van der Waals surface area contributed by atoms with Crippen molar-refractivity contribution in [3.05, 3.63) is 77.9 Å². The number of Topliss-reactive ketones (excluding diaryl/α,β-unsaturated/α-hetero) is 1. The molecule has 4 heteroatoms. The Bertz CT molecular complexity index is 1180. The van der Waals surface area contributed by atoms with Gasteiger partial charge in [-0.05, 0) is 56.1 Å². The van der Waals surface area contributed by atoms with Crippen LogP contribution in [0.15, 0.2) is 62.6 Å². The summed E-state index contributed by atoms with van der Waals surface area (Å²) in [5, 5.41) is 0. The fraction of sp³-hybridized carbons (Fsp3) is 0.500. The summed E-state index contributed by atoms with van der Waals surface area (Å²) in [6.45, 7) is 26.8. The first-order valence-corrected chi connectivity index (χ1v) is 14.4. The number of carbonyl (C=O) groups is 1. The van der Waals surface area contributed by atoms with Crippen LogP contribution in [-0.4, -0.2) is 5.78 Å². The lowest BCUT2D eigenvalue weighted by Gasteiger charge is -2.32. The predicted octanol–water partition coefficient (Wildman–Crippen LogP) is 9.34. The molecule has 2 N–H and O–H groups in total. The zero-order chi connectivity index (χ0) is 27.4. The highest BCUT2D eigenvalue weighted by atomic mass is 32.2. The van der Waals surface area contributed by atoms with E-state index in [-0.39, 0.29) is 27.4 Å². The van der Waals surface area contributed by atoms with Crippen molar-refractivity contribution in [1.82, 2.24) is 0 Å². The van der Waals surface area contributed by atoms with E-state index in [0.29, 0.717) is 16.8 Å². The monoisotopic (exact) mass is 522 g/mol. The minimum absolute atomic E-state index is 0.0248. The van der Waals surface area contributed by atoms with Gasteiger partial charge in [-0.3, -0.25) is 4.79 Å². The largest absolute Gasteiger partial charge is 0.398 e. The average molecular weight is 523 g/mol. The van der Waals surface area contributed by atoms with Crippen molar-refractivity contribution in [1.29, 1.82) is 0 Å². The Morgan fingerprint density at radius 2 is 1.17 bits per heavy atom. The molecule has 0 saturated carbocycles. The summed E-state index contributed by atoms with van der Waals surface area (Å²) in [4.78, 5) is 18.5. The van der Waals surface area contributed by atoms with Crippen LogP contribution in [0.4, 0.5) is 0 Å². The van der Waals surface area contributed by atoms with Gasteiger partial charge in [0.15, 0.2) is 5.78 Å². The molecule has 2 heterocycles. The van der Waals surface area contributed by atoms with Crippen LogP contribution < -0.4 is 5.73 Å². The number of rotatable bonds is 2. The van der Waals surface area contributed by atoms with E-state index in [1.165, 1.54) is 19.6 Å². The average Bonchev–Trinajstić information content (AvgIpc) is 2.72. The number of allylic oxidation sites excluding steroid dienone is 8. The lowest BCUT2D eigenvalue weighted by molar-refractivity contribution is -0.112. The van der Waals surface area contributed by atoms with Gasteiger partial charge in [-0.25, -0.2) is 0 Å². The molecule has 0 saturated heterocycles. The van der Waals surface area contributed by atoms with Crippen LogP contribution in [0.25, 0.3) is 6.08 Å². The first-order valence-electron chi connectivity index (χ1n) is 12.8. The fourth-order valence-corrected chi connectivity index (χ4v) is 6.26. The molecule has 1 aliphatic heterocycles. The maximum absolute atomic E-state index is 13.3. The summed E-state index contributed by atoms with van der Waals surface area (Å²) in [5.41, 5.74) is 10.6. The van der Waals surface area contributed by atoms with Gasteiger partial charge in [0, 0.05) is 34.1 Å². The van der Waals surface area contributed by atoms with Crippen LogP contribution in [0, 0.1) is 10.8 Å². The number of thioether (sulfide) groups is 1. The quantitative estimate of drug-likeness (QED) is 0.311. The van der Waals surface area contributed by atoms with Gasteiger partial charge >= 0.3 is 0 Å². The van der Waals surface area contributed by atoms with Crippen molar-refractivity contribution in [2.45, 2.75) is 93.9 Å². The van der Waals surface area contributed by atoms with E-state index in [9.17, 15) is 4.79 Å². The molecule has 2 nitrogen and oxygen atoms in total. The zero-order valence-corrected chi connectivity index (χ0v) is 25.9. The van der Waals surface area contributed by atoms with Crippen LogP contribution in [0.1, 0.15) is 98.4 Å². The lowest BCUT2D eigenvalue weighted by Crippen LogP contribution is -2.26. The molecule has 0 fully saturated rings. The van der Waals surface area contributed by atoms with Gasteiger partial charge in [-0.1, -0.05) is 94.8 Å². The third kappa shape index (κ3) is 6.31. The van der Waals surface area contributed by atoms with E-state index in [0.717, 1.165) is 11.1 Å².